The van der Waals surface area contributed by atoms with Crippen LogP contribution in [-0.2, 0) is 9.59 Å². The molecule has 0 aromatic rings. The fraction of sp³-hybridized carbons (Fsp3) is 0.714. The van der Waals surface area contributed by atoms with E-state index in [9.17, 15) is 9.59 Å². The lowest BCUT2D eigenvalue weighted by Gasteiger charge is -2.29. The van der Waals surface area contributed by atoms with Gasteiger partial charge < -0.3 is 15.3 Å². The van der Waals surface area contributed by atoms with E-state index in [2.05, 4.69) is 11.2 Å². The molecule has 0 aromatic carbocycles. The summed E-state index contributed by atoms with van der Waals surface area (Å²) >= 11 is 0. The van der Waals surface area contributed by atoms with E-state index in [1.54, 1.807) is 0 Å². The van der Waals surface area contributed by atoms with Gasteiger partial charge in [-0.1, -0.05) is 12.8 Å². The van der Waals surface area contributed by atoms with Crippen molar-refractivity contribution in [2.45, 2.75) is 26.2 Å². The van der Waals surface area contributed by atoms with E-state index in [-0.39, 0.29) is 24.9 Å². The second-order valence-corrected chi connectivity index (χ2v) is 5.14. The first-order valence-corrected chi connectivity index (χ1v) is 6.68. The number of carbonyl (C=O) groups excluding carboxylic acids is 1. The summed E-state index contributed by atoms with van der Waals surface area (Å²) in [6.07, 6.45) is 7.78. The number of nitrogens with zero attached hydrogens (tertiary/aromatic N) is 1. The van der Waals surface area contributed by atoms with Crippen LogP contribution in [0.1, 0.15) is 26.2 Å². The highest BCUT2D eigenvalue weighted by Crippen LogP contribution is 2.23. The third kappa shape index (κ3) is 5.31. The highest BCUT2D eigenvalue weighted by atomic mass is 16.4. The standard InChI is InChI=1S/C14H22N2O3/c1-3-7-16(10-14(18)19)13(17)8-11(2)12-5-4-6-15-9-12/h1,11-12,15H,4-10H2,2H3,(H,18,19). The molecule has 0 radical (unpaired) electrons. The molecule has 0 spiro atoms. The monoisotopic (exact) mass is 266 g/mol. The molecule has 5 heteroatoms. The average molecular weight is 266 g/mol. The molecule has 1 aliphatic rings. The van der Waals surface area contributed by atoms with E-state index >= 15 is 0 Å². The Labute approximate surface area is 114 Å². The molecule has 0 bridgehead atoms. The predicted octanol–water partition coefficient (Wildman–Crippen LogP) is 0.559. The van der Waals surface area contributed by atoms with Crippen LogP contribution in [0.5, 0.6) is 0 Å². The maximum atomic E-state index is 12.1. The summed E-state index contributed by atoms with van der Waals surface area (Å²) in [5.41, 5.74) is 0. The van der Waals surface area contributed by atoms with Crippen LogP contribution >= 0.6 is 0 Å². The Morgan fingerprint density at radius 1 is 1.58 bits per heavy atom. The van der Waals surface area contributed by atoms with Crippen molar-refractivity contribution < 1.29 is 14.7 Å². The van der Waals surface area contributed by atoms with Crippen molar-refractivity contribution >= 4 is 11.9 Å². The zero-order valence-corrected chi connectivity index (χ0v) is 11.4. The summed E-state index contributed by atoms with van der Waals surface area (Å²) in [7, 11) is 0. The van der Waals surface area contributed by atoms with E-state index in [1.807, 2.05) is 6.92 Å². The highest BCUT2D eigenvalue weighted by molar-refractivity contribution is 5.81. The van der Waals surface area contributed by atoms with Gasteiger partial charge in [-0.25, -0.2) is 0 Å². The fourth-order valence-corrected chi connectivity index (χ4v) is 2.44. The SMILES string of the molecule is C#CCN(CC(=O)O)C(=O)CC(C)C1CCCNC1. The summed E-state index contributed by atoms with van der Waals surface area (Å²) in [5.74, 6) is 1.86. The number of carboxylic acids is 1. The van der Waals surface area contributed by atoms with Crippen molar-refractivity contribution in [3.05, 3.63) is 0 Å². The first kappa shape index (κ1) is 15.5. The summed E-state index contributed by atoms with van der Waals surface area (Å²) < 4.78 is 0. The molecule has 1 aliphatic heterocycles. The quantitative estimate of drug-likeness (QED) is 0.689. The predicted molar refractivity (Wildman–Crippen MR) is 72.4 cm³/mol. The Hall–Kier alpha value is -1.54. The van der Waals surface area contributed by atoms with Crippen LogP contribution in [0.2, 0.25) is 0 Å². The molecule has 106 valence electrons. The van der Waals surface area contributed by atoms with Gasteiger partial charge in [-0.15, -0.1) is 6.42 Å². The molecule has 1 heterocycles. The van der Waals surface area contributed by atoms with Crippen LogP contribution in [0, 0.1) is 24.2 Å². The third-order valence-electron chi connectivity index (χ3n) is 3.60. The van der Waals surface area contributed by atoms with Gasteiger partial charge in [0, 0.05) is 6.42 Å². The fourth-order valence-electron chi connectivity index (χ4n) is 2.44. The largest absolute Gasteiger partial charge is 0.480 e. The van der Waals surface area contributed by atoms with Gasteiger partial charge >= 0.3 is 5.97 Å². The molecular weight excluding hydrogens is 244 g/mol. The summed E-state index contributed by atoms with van der Waals surface area (Å²) in [4.78, 5) is 24.0. The third-order valence-corrected chi connectivity index (χ3v) is 3.60. The minimum Gasteiger partial charge on any atom is -0.480 e. The zero-order valence-electron chi connectivity index (χ0n) is 11.4. The van der Waals surface area contributed by atoms with Crippen LogP contribution < -0.4 is 5.32 Å². The molecule has 1 amide bonds. The Balaban J connectivity index is 2.50. The molecule has 2 unspecified atom stereocenters. The van der Waals surface area contributed by atoms with Gasteiger partial charge in [0.25, 0.3) is 0 Å². The minimum absolute atomic E-state index is 0.0563. The Bertz CT molecular complexity index is 356. The number of hydrogen-bond donors (Lipinski definition) is 2. The van der Waals surface area contributed by atoms with Crippen molar-refractivity contribution in [1.29, 1.82) is 0 Å². The van der Waals surface area contributed by atoms with Gasteiger partial charge in [-0.05, 0) is 37.8 Å². The highest BCUT2D eigenvalue weighted by Gasteiger charge is 2.24. The van der Waals surface area contributed by atoms with E-state index in [4.69, 9.17) is 11.5 Å². The zero-order chi connectivity index (χ0) is 14.3. The first-order chi connectivity index (χ1) is 9.04. The number of carboxylic acid groups (broad SMARTS) is 1. The number of aliphatic carboxylic acids is 1. The first-order valence-electron chi connectivity index (χ1n) is 6.68. The van der Waals surface area contributed by atoms with E-state index < -0.39 is 5.97 Å². The van der Waals surface area contributed by atoms with Crippen LogP contribution in [-0.4, -0.2) is 48.1 Å². The van der Waals surface area contributed by atoms with Crippen LogP contribution in [0.4, 0.5) is 0 Å². The molecule has 19 heavy (non-hydrogen) atoms. The molecule has 0 saturated carbocycles. The molecule has 1 rings (SSSR count). The number of hydrogen-bond acceptors (Lipinski definition) is 3. The Kier molecular flexibility index (Phi) is 6.37. The topological polar surface area (TPSA) is 69.6 Å². The van der Waals surface area contributed by atoms with E-state index in [0.29, 0.717) is 12.3 Å². The molecule has 2 N–H and O–H groups in total. The number of piperidine rings is 1. The number of nitrogens with one attached hydrogen (secondary N) is 1. The van der Waals surface area contributed by atoms with Gasteiger partial charge in [-0.2, -0.15) is 0 Å². The summed E-state index contributed by atoms with van der Waals surface area (Å²) in [6, 6.07) is 0. The lowest BCUT2D eigenvalue weighted by atomic mass is 9.85. The van der Waals surface area contributed by atoms with Crippen molar-refractivity contribution in [3.63, 3.8) is 0 Å². The molecule has 0 aromatic heterocycles. The van der Waals surface area contributed by atoms with Crippen molar-refractivity contribution in [1.82, 2.24) is 10.2 Å². The van der Waals surface area contributed by atoms with Gasteiger partial charge in [0.05, 0.1) is 6.54 Å². The summed E-state index contributed by atoms with van der Waals surface area (Å²) in [6.45, 7) is 3.76. The molecular formula is C14H22N2O3. The van der Waals surface area contributed by atoms with Gasteiger partial charge in [0.2, 0.25) is 5.91 Å². The molecule has 1 saturated heterocycles. The van der Waals surface area contributed by atoms with E-state index in [0.717, 1.165) is 25.9 Å². The van der Waals surface area contributed by atoms with Crippen LogP contribution in [0.15, 0.2) is 0 Å². The average Bonchev–Trinajstić information content (AvgIpc) is 2.38. The molecule has 2 atom stereocenters. The van der Waals surface area contributed by atoms with Crippen LogP contribution in [0.3, 0.4) is 0 Å². The van der Waals surface area contributed by atoms with Crippen molar-refractivity contribution in [3.8, 4) is 12.3 Å². The van der Waals surface area contributed by atoms with Gasteiger partial charge in [0.1, 0.15) is 6.54 Å². The number of rotatable bonds is 6. The molecule has 0 aliphatic carbocycles. The second kappa shape index (κ2) is 7.80. The molecule has 5 nitrogen and oxygen atoms in total. The van der Waals surface area contributed by atoms with Crippen LogP contribution in [0.25, 0.3) is 0 Å². The number of amides is 1. The summed E-state index contributed by atoms with van der Waals surface area (Å²) in [5, 5.41) is 12.1. The minimum atomic E-state index is -1.03. The number of carbonyl (C=O) groups is 2. The van der Waals surface area contributed by atoms with E-state index in [1.165, 1.54) is 4.90 Å². The number of terminal acetylenes is 1. The lowest BCUT2D eigenvalue weighted by molar-refractivity contribution is -0.144. The Morgan fingerprint density at radius 2 is 2.32 bits per heavy atom. The van der Waals surface area contributed by atoms with Gasteiger partial charge in [-0.3, -0.25) is 9.59 Å². The maximum absolute atomic E-state index is 12.1. The van der Waals surface area contributed by atoms with Crippen molar-refractivity contribution in [2.75, 3.05) is 26.2 Å². The maximum Gasteiger partial charge on any atom is 0.323 e. The lowest BCUT2D eigenvalue weighted by Crippen LogP contribution is -2.39. The smallest absolute Gasteiger partial charge is 0.323 e. The molecule has 1 fully saturated rings. The Morgan fingerprint density at radius 3 is 2.84 bits per heavy atom. The van der Waals surface area contributed by atoms with Crippen molar-refractivity contribution in [2.24, 2.45) is 11.8 Å². The normalized spacial score (nSPS) is 20.3. The van der Waals surface area contributed by atoms with Gasteiger partial charge in [0.15, 0.2) is 0 Å². The second-order valence-electron chi connectivity index (χ2n) is 5.14.